The van der Waals surface area contributed by atoms with E-state index < -0.39 is 32.4 Å². The number of likely N-dealkylation sites (tertiary alicyclic amines) is 1. The number of halogens is 3. The molecule has 0 spiro atoms. The van der Waals surface area contributed by atoms with Crippen LogP contribution in [-0.2, 0) is 27.8 Å². The van der Waals surface area contributed by atoms with E-state index in [4.69, 9.17) is 4.74 Å². The van der Waals surface area contributed by atoms with Crippen LogP contribution in [0, 0.1) is 17.5 Å². The Kier molecular flexibility index (Phi) is 7.95. The number of thiazole rings is 1. The monoisotopic (exact) mass is 526 g/mol. The number of hydrogen-bond acceptors (Lipinski definition) is 7. The Bertz CT molecular complexity index is 1250. The molecule has 0 radical (unpaired) electrons. The summed E-state index contributed by atoms with van der Waals surface area (Å²) in [6, 6.07) is 6.77. The van der Waals surface area contributed by atoms with Crippen LogP contribution >= 0.6 is 11.3 Å². The van der Waals surface area contributed by atoms with Gasteiger partial charge in [0.2, 0.25) is 0 Å². The lowest BCUT2D eigenvalue weighted by Crippen LogP contribution is -2.32. The minimum Gasteiger partial charge on any atom is -0.383 e. The van der Waals surface area contributed by atoms with Gasteiger partial charge in [-0.1, -0.05) is 12.1 Å². The summed E-state index contributed by atoms with van der Waals surface area (Å²) in [7, 11) is -2.87. The van der Waals surface area contributed by atoms with Gasteiger partial charge in [0.15, 0.2) is 10.7 Å². The zero-order chi connectivity index (χ0) is 25.0. The van der Waals surface area contributed by atoms with Crippen molar-refractivity contribution in [1.82, 2.24) is 9.88 Å². The molecule has 188 valence electrons. The average Bonchev–Trinajstić information content (AvgIpc) is 3.45. The van der Waals surface area contributed by atoms with Gasteiger partial charge in [0, 0.05) is 42.9 Å². The first kappa shape index (κ1) is 25.4. The van der Waals surface area contributed by atoms with E-state index in [2.05, 4.69) is 15.2 Å². The smallest absolute Gasteiger partial charge is 0.268 e. The fourth-order valence-corrected chi connectivity index (χ4v) is 5.89. The summed E-state index contributed by atoms with van der Waals surface area (Å²) in [5.41, 5.74) is 2.50. The summed E-state index contributed by atoms with van der Waals surface area (Å²) in [5.74, 6) is -3.02. The predicted molar refractivity (Wildman–Crippen MR) is 128 cm³/mol. The van der Waals surface area contributed by atoms with Crippen LogP contribution in [0.4, 0.5) is 24.7 Å². The molecule has 1 aromatic heterocycles. The van der Waals surface area contributed by atoms with Crippen LogP contribution in [0.1, 0.15) is 24.0 Å². The minimum absolute atomic E-state index is 0.0137. The van der Waals surface area contributed by atoms with E-state index in [9.17, 15) is 21.6 Å². The molecule has 2 heterocycles. The number of methoxy groups -OCH3 is 1. The number of nitrogens with zero attached hydrogens (tertiary/aromatic N) is 2. The maximum absolute atomic E-state index is 14.7. The molecule has 2 aromatic carbocycles. The van der Waals surface area contributed by atoms with Crippen molar-refractivity contribution >= 4 is 32.9 Å². The fraction of sp³-hybridized carbons (Fsp3) is 0.348. The molecule has 3 aromatic rings. The Labute approximate surface area is 206 Å². The van der Waals surface area contributed by atoms with Crippen molar-refractivity contribution in [1.29, 1.82) is 0 Å². The number of rotatable bonds is 10. The molecule has 1 fully saturated rings. The fourth-order valence-electron chi connectivity index (χ4n) is 4.21. The van der Waals surface area contributed by atoms with E-state index in [1.54, 1.807) is 13.2 Å². The van der Waals surface area contributed by atoms with Crippen molar-refractivity contribution < 1.29 is 26.3 Å². The Balaban J connectivity index is 1.51. The molecule has 4 rings (SSSR count). The second kappa shape index (κ2) is 10.9. The second-order valence-corrected chi connectivity index (χ2v) is 10.5. The Morgan fingerprint density at radius 1 is 1.20 bits per heavy atom. The first-order valence-corrected chi connectivity index (χ1v) is 13.3. The molecular formula is C23H25F3N4O3S2. The summed E-state index contributed by atoms with van der Waals surface area (Å²) >= 11 is 1.13. The quantitative estimate of drug-likeness (QED) is 0.402. The molecular weight excluding hydrogens is 501 g/mol. The Morgan fingerprint density at radius 2 is 1.97 bits per heavy atom. The first-order chi connectivity index (χ1) is 16.8. The molecule has 1 saturated heterocycles. The summed E-state index contributed by atoms with van der Waals surface area (Å²) in [4.78, 5) is 4.88. The maximum Gasteiger partial charge on any atom is 0.268 e. The lowest BCUT2D eigenvalue weighted by atomic mass is 10.1. The highest BCUT2D eigenvalue weighted by Gasteiger charge is 2.27. The molecule has 35 heavy (non-hydrogen) atoms. The Hall–Kier alpha value is -2.67. The van der Waals surface area contributed by atoms with Gasteiger partial charge < -0.3 is 10.1 Å². The number of anilines is 2. The lowest BCUT2D eigenvalue weighted by Gasteiger charge is -2.25. The third-order valence-corrected chi connectivity index (χ3v) is 7.85. The van der Waals surface area contributed by atoms with Crippen LogP contribution in [0.15, 0.2) is 46.1 Å². The van der Waals surface area contributed by atoms with Crippen molar-refractivity contribution in [3.63, 3.8) is 0 Å². The molecule has 1 aliphatic rings. The minimum atomic E-state index is -4.52. The van der Waals surface area contributed by atoms with E-state index in [1.807, 2.05) is 10.8 Å². The zero-order valence-corrected chi connectivity index (χ0v) is 20.6. The molecule has 0 unspecified atom stereocenters. The third kappa shape index (κ3) is 5.95. The van der Waals surface area contributed by atoms with Gasteiger partial charge in [-0.25, -0.2) is 26.6 Å². The summed E-state index contributed by atoms with van der Waals surface area (Å²) in [5, 5.41) is 4.22. The van der Waals surface area contributed by atoms with E-state index in [0.717, 1.165) is 48.4 Å². The highest BCUT2D eigenvalue weighted by atomic mass is 32.2. The van der Waals surface area contributed by atoms with Crippen LogP contribution in [0.25, 0.3) is 0 Å². The van der Waals surface area contributed by atoms with Crippen molar-refractivity contribution in [2.75, 3.05) is 30.3 Å². The van der Waals surface area contributed by atoms with Crippen molar-refractivity contribution in [2.24, 2.45) is 0 Å². The van der Waals surface area contributed by atoms with E-state index in [1.165, 1.54) is 17.0 Å². The molecule has 2 N–H and O–H groups in total. The van der Waals surface area contributed by atoms with Crippen LogP contribution in [-0.4, -0.2) is 44.6 Å². The van der Waals surface area contributed by atoms with Crippen LogP contribution < -0.4 is 10.0 Å². The number of ether oxygens (including phenoxy) is 1. The molecule has 12 heteroatoms. The largest absolute Gasteiger partial charge is 0.383 e. The highest BCUT2D eigenvalue weighted by molar-refractivity contribution is 7.92. The van der Waals surface area contributed by atoms with Gasteiger partial charge in [-0.2, -0.15) is 0 Å². The van der Waals surface area contributed by atoms with E-state index in [-0.39, 0.29) is 24.1 Å². The van der Waals surface area contributed by atoms with E-state index >= 15 is 0 Å². The summed E-state index contributed by atoms with van der Waals surface area (Å²) in [6.45, 7) is 1.95. The summed E-state index contributed by atoms with van der Waals surface area (Å²) in [6.07, 6.45) is 2.03. The van der Waals surface area contributed by atoms with Crippen molar-refractivity contribution in [2.45, 2.75) is 36.9 Å². The normalized spacial score (nSPS) is 16.5. The lowest BCUT2D eigenvalue weighted by molar-refractivity contribution is 0.111. The SMILES string of the molecule is COC[C@H]1CCCN1Cc1cccc(F)c1CNc1cc(F)c(S(=O)(=O)Nc2cscn2)c(F)c1. The molecule has 1 aliphatic heterocycles. The Morgan fingerprint density at radius 3 is 2.66 bits per heavy atom. The van der Waals surface area contributed by atoms with Gasteiger partial charge in [0.05, 0.1) is 12.1 Å². The number of nitrogens with one attached hydrogen (secondary N) is 2. The zero-order valence-electron chi connectivity index (χ0n) is 18.9. The standard InChI is InChI=1S/C23H25F3N4O3S2/c1-33-12-17-5-3-7-30(17)11-15-4-2-6-19(24)18(15)10-27-16-8-20(25)23(21(26)9-16)35(31,32)29-22-13-34-14-28-22/h2,4,6,8-9,13-14,17,27,29H,3,5,7,10-12H2,1H3/t17-/m1/s1. The van der Waals surface area contributed by atoms with Gasteiger partial charge >= 0.3 is 0 Å². The molecule has 7 nitrogen and oxygen atoms in total. The molecule has 0 aliphatic carbocycles. The topological polar surface area (TPSA) is 83.6 Å². The van der Waals surface area contributed by atoms with Gasteiger partial charge in [-0.15, -0.1) is 11.3 Å². The van der Waals surface area contributed by atoms with Gasteiger partial charge in [-0.05, 0) is 43.1 Å². The highest BCUT2D eigenvalue weighted by Crippen LogP contribution is 2.27. The average molecular weight is 527 g/mol. The number of sulfonamides is 1. The van der Waals surface area contributed by atoms with Crippen LogP contribution in [0.2, 0.25) is 0 Å². The van der Waals surface area contributed by atoms with Crippen molar-refractivity contribution in [3.8, 4) is 0 Å². The second-order valence-electron chi connectivity index (χ2n) is 8.20. The molecule has 0 amide bonds. The maximum atomic E-state index is 14.7. The van der Waals surface area contributed by atoms with E-state index in [0.29, 0.717) is 18.7 Å². The third-order valence-electron chi connectivity index (χ3n) is 5.85. The summed E-state index contributed by atoms with van der Waals surface area (Å²) < 4.78 is 76.3. The molecule has 0 saturated carbocycles. The molecule has 1 atom stereocenters. The molecule has 0 bridgehead atoms. The first-order valence-electron chi connectivity index (χ1n) is 10.9. The van der Waals surface area contributed by atoms with Gasteiger partial charge in [-0.3, -0.25) is 9.62 Å². The van der Waals surface area contributed by atoms with Crippen LogP contribution in [0.5, 0.6) is 0 Å². The predicted octanol–water partition coefficient (Wildman–Crippen LogP) is 4.58. The van der Waals surface area contributed by atoms with Gasteiger partial charge in [0.1, 0.15) is 17.5 Å². The number of hydrogen-bond donors (Lipinski definition) is 2. The number of aromatic nitrogens is 1. The van der Waals surface area contributed by atoms with Crippen LogP contribution in [0.3, 0.4) is 0 Å². The van der Waals surface area contributed by atoms with Gasteiger partial charge in [0.25, 0.3) is 10.0 Å². The van der Waals surface area contributed by atoms with Crippen molar-refractivity contribution in [3.05, 3.63) is 69.8 Å². The number of benzene rings is 2.